The number of hydrogen-bond donors (Lipinski definition) is 1. The molecule has 13 heteroatoms. The number of carboxylic acid groups (broad SMARTS) is 1. The second-order valence-electron chi connectivity index (χ2n) is 12.3. The van der Waals surface area contributed by atoms with Crippen molar-refractivity contribution in [3.05, 3.63) is 46.8 Å². The number of aromatic nitrogens is 2. The third-order valence-electron chi connectivity index (χ3n) is 9.10. The van der Waals surface area contributed by atoms with E-state index in [0.717, 1.165) is 63.7 Å². The fraction of sp³-hybridized carbons (Fsp3) is 0.613. The standard InChI is InChI=1S/C31H39F4N5O4/c1-19-28(23-11-22(15-32)12-24(14-23)31(33,34)35)44-30(43)40(19)18-25-29(36-16-26(37-25)39-9-3-4-10-39)38(2)17-21-7-5-20(6-8-21)13-27(41)42/h11-12,14,16,19-21,28H,3-10,13,15,17-18H2,1-2H3,(H,41,42)/t19-,20?,21?,28?/m0/s1. The smallest absolute Gasteiger partial charge is 0.416 e. The third-order valence-corrected chi connectivity index (χ3v) is 9.10. The molecule has 9 nitrogen and oxygen atoms in total. The number of carbonyl (C=O) groups is 2. The van der Waals surface area contributed by atoms with Gasteiger partial charge in [-0.2, -0.15) is 13.2 Å². The van der Waals surface area contributed by atoms with Crippen molar-refractivity contribution in [3.63, 3.8) is 0 Å². The fourth-order valence-corrected chi connectivity index (χ4v) is 6.72. The van der Waals surface area contributed by atoms with Crippen LogP contribution in [0, 0.1) is 11.8 Å². The van der Waals surface area contributed by atoms with Crippen molar-refractivity contribution in [1.29, 1.82) is 0 Å². The predicted molar refractivity (Wildman–Crippen MR) is 155 cm³/mol. The number of ether oxygens (including phenoxy) is 1. The number of nitrogens with zero attached hydrogens (tertiary/aromatic N) is 5. The number of hydrogen-bond acceptors (Lipinski definition) is 7. The first-order chi connectivity index (χ1) is 20.9. The van der Waals surface area contributed by atoms with Crippen molar-refractivity contribution < 1.29 is 37.0 Å². The molecule has 2 atom stereocenters. The number of rotatable bonds is 10. The van der Waals surface area contributed by atoms with E-state index >= 15 is 0 Å². The Bertz CT molecular complexity index is 1340. The van der Waals surface area contributed by atoms with Crippen LogP contribution in [-0.2, 0) is 28.9 Å². The summed E-state index contributed by atoms with van der Waals surface area (Å²) in [7, 11) is 1.92. The summed E-state index contributed by atoms with van der Waals surface area (Å²) in [5.74, 6) is 1.08. The number of alkyl halides is 4. The zero-order chi connectivity index (χ0) is 31.6. The molecule has 1 aromatic carbocycles. The van der Waals surface area contributed by atoms with E-state index in [1.165, 1.54) is 11.0 Å². The molecule has 1 unspecified atom stereocenters. The molecular formula is C31H39F4N5O4. The van der Waals surface area contributed by atoms with Gasteiger partial charge >= 0.3 is 18.2 Å². The van der Waals surface area contributed by atoms with Gasteiger partial charge in [0.05, 0.1) is 24.3 Å². The molecule has 3 aliphatic rings. The monoisotopic (exact) mass is 621 g/mol. The summed E-state index contributed by atoms with van der Waals surface area (Å²) >= 11 is 0. The van der Waals surface area contributed by atoms with Crippen molar-refractivity contribution in [2.45, 2.75) is 83.4 Å². The molecule has 0 bridgehead atoms. The van der Waals surface area contributed by atoms with Crippen molar-refractivity contribution in [2.75, 3.05) is 36.5 Å². The Balaban J connectivity index is 1.37. The molecule has 0 spiro atoms. The van der Waals surface area contributed by atoms with Gasteiger partial charge in [0.25, 0.3) is 0 Å². The number of carbonyl (C=O) groups excluding carboxylic acids is 1. The molecule has 1 aliphatic carbocycles. The van der Waals surface area contributed by atoms with Gasteiger partial charge in [-0.3, -0.25) is 9.69 Å². The van der Waals surface area contributed by atoms with Crippen LogP contribution in [0.3, 0.4) is 0 Å². The van der Waals surface area contributed by atoms with Crippen LogP contribution in [0.4, 0.5) is 34.0 Å². The quantitative estimate of drug-likeness (QED) is 0.306. The second-order valence-corrected chi connectivity index (χ2v) is 12.3. The van der Waals surface area contributed by atoms with E-state index in [-0.39, 0.29) is 30.0 Å². The van der Waals surface area contributed by atoms with E-state index < -0.39 is 42.6 Å². The lowest BCUT2D eigenvalue weighted by Gasteiger charge is -2.32. The highest BCUT2D eigenvalue weighted by molar-refractivity contribution is 5.71. The maximum Gasteiger partial charge on any atom is 0.416 e. The molecule has 1 amide bonds. The molecule has 1 N–H and O–H groups in total. The number of amides is 1. The minimum absolute atomic E-state index is 0.0329. The van der Waals surface area contributed by atoms with E-state index in [1.807, 2.05) is 11.9 Å². The summed E-state index contributed by atoms with van der Waals surface area (Å²) in [6.07, 6.45) is 1.15. The second kappa shape index (κ2) is 13.2. The molecule has 0 radical (unpaired) electrons. The summed E-state index contributed by atoms with van der Waals surface area (Å²) in [5, 5.41) is 9.14. The first kappa shape index (κ1) is 31.8. The molecule has 5 rings (SSSR count). The Morgan fingerprint density at radius 1 is 1.11 bits per heavy atom. The van der Waals surface area contributed by atoms with Crippen LogP contribution in [-0.4, -0.2) is 64.8 Å². The van der Waals surface area contributed by atoms with Gasteiger partial charge in [0.2, 0.25) is 0 Å². The SMILES string of the molecule is C[C@H]1C(c2cc(CF)cc(C(F)(F)F)c2)OC(=O)N1Cc1nc(N2CCCC2)cnc1N(C)CC1CCC(CC(=O)O)CC1. The van der Waals surface area contributed by atoms with Gasteiger partial charge in [0, 0.05) is 33.1 Å². The van der Waals surface area contributed by atoms with Crippen molar-refractivity contribution >= 4 is 23.7 Å². The summed E-state index contributed by atoms with van der Waals surface area (Å²) in [4.78, 5) is 39.6. The maximum absolute atomic E-state index is 13.5. The van der Waals surface area contributed by atoms with Gasteiger partial charge in [-0.25, -0.2) is 19.2 Å². The van der Waals surface area contributed by atoms with Gasteiger partial charge < -0.3 is 19.6 Å². The number of anilines is 2. The largest absolute Gasteiger partial charge is 0.481 e. The minimum Gasteiger partial charge on any atom is -0.481 e. The van der Waals surface area contributed by atoms with E-state index in [4.69, 9.17) is 19.8 Å². The Morgan fingerprint density at radius 3 is 2.43 bits per heavy atom. The Morgan fingerprint density at radius 2 is 1.80 bits per heavy atom. The number of aliphatic carboxylic acids is 1. The summed E-state index contributed by atoms with van der Waals surface area (Å²) in [6, 6.07) is 2.34. The Kier molecular flexibility index (Phi) is 9.50. The zero-order valence-corrected chi connectivity index (χ0v) is 25.0. The lowest BCUT2D eigenvalue weighted by Crippen LogP contribution is -2.35. The van der Waals surface area contributed by atoms with Crippen molar-refractivity contribution in [1.82, 2.24) is 14.9 Å². The van der Waals surface area contributed by atoms with Crippen LogP contribution >= 0.6 is 0 Å². The molecule has 1 aromatic heterocycles. The first-order valence-electron chi connectivity index (χ1n) is 15.2. The van der Waals surface area contributed by atoms with E-state index in [1.54, 1.807) is 13.1 Å². The first-order valence-corrected chi connectivity index (χ1v) is 15.2. The molecule has 2 aromatic rings. The number of halogens is 4. The summed E-state index contributed by atoms with van der Waals surface area (Å²) in [5.41, 5.74) is -0.492. The van der Waals surface area contributed by atoms with Crippen LogP contribution in [0.15, 0.2) is 24.4 Å². The van der Waals surface area contributed by atoms with E-state index in [2.05, 4.69) is 4.90 Å². The van der Waals surface area contributed by atoms with Gasteiger partial charge in [-0.1, -0.05) is 0 Å². The van der Waals surface area contributed by atoms with Crippen molar-refractivity contribution in [3.8, 4) is 0 Å². The molecule has 3 heterocycles. The Hall–Kier alpha value is -3.64. The Labute approximate surface area is 254 Å². The normalized spacial score (nSPS) is 24.1. The lowest BCUT2D eigenvalue weighted by atomic mass is 9.80. The van der Waals surface area contributed by atoms with Gasteiger partial charge in [-0.05, 0) is 86.6 Å². The molecule has 3 fully saturated rings. The summed E-state index contributed by atoms with van der Waals surface area (Å²) in [6.45, 7) is 3.03. The highest BCUT2D eigenvalue weighted by atomic mass is 19.4. The highest BCUT2D eigenvalue weighted by Gasteiger charge is 2.42. The average molecular weight is 622 g/mol. The molecule has 1 saturated carbocycles. The topological polar surface area (TPSA) is 99.1 Å². The molecule has 240 valence electrons. The fourth-order valence-electron chi connectivity index (χ4n) is 6.72. The van der Waals surface area contributed by atoms with Crippen LogP contribution in [0.25, 0.3) is 0 Å². The van der Waals surface area contributed by atoms with Gasteiger partial charge in [0.1, 0.15) is 24.3 Å². The predicted octanol–water partition coefficient (Wildman–Crippen LogP) is 6.36. The average Bonchev–Trinajstić information content (AvgIpc) is 3.62. The summed E-state index contributed by atoms with van der Waals surface area (Å²) < 4.78 is 59.7. The van der Waals surface area contributed by atoms with Crippen LogP contribution in [0.5, 0.6) is 0 Å². The van der Waals surface area contributed by atoms with Gasteiger partial charge in [0.15, 0.2) is 5.82 Å². The lowest BCUT2D eigenvalue weighted by molar-refractivity contribution is -0.139. The van der Waals surface area contributed by atoms with Crippen LogP contribution in [0.1, 0.15) is 80.4 Å². The van der Waals surface area contributed by atoms with E-state index in [0.29, 0.717) is 29.8 Å². The molecule has 44 heavy (non-hydrogen) atoms. The number of carboxylic acids is 1. The number of benzene rings is 1. The van der Waals surface area contributed by atoms with Crippen molar-refractivity contribution in [2.24, 2.45) is 11.8 Å². The minimum atomic E-state index is -4.67. The maximum atomic E-state index is 13.5. The molecule has 2 aliphatic heterocycles. The van der Waals surface area contributed by atoms with E-state index in [9.17, 15) is 27.2 Å². The third kappa shape index (κ3) is 7.18. The molecule has 2 saturated heterocycles. The number of cyclic esters (lactones) is 1. The highest BCUT2D eigenvalue weighted by Crippen LogP contribution is 2.39. The van der Waals surface area contributed by atoms with Crippen LogP contribution in [0.2, 0.25) is 0 Å². The molecular weight excluding hydrogens is 582 g/mol. The van der Waals surface area contributed by atoms with Crippen LogP contribution < -0.4 is 9.80 Å². The zero-order valence-electron chi connectivity index (χ0n) is 25.0. The van der Waals surface area contributed by atoms with Gasteiger partial charge in [-0.15, -0.1) is 0 Å².